The van der Waals surface area contributed by atoms with Crippen molar-refractivity contribution in [2.75, 3.05) is 0 Å². The first-order valence-electron chi connectivity index (χ1n) is 7.06. The van der Waals surface area contributed by atoms with E-state index in [0.717, 1.165) is 30.3 Å². The average molecular weight is 406 g/mol. The SMILES string of the molecule is Cc1sc2nc3sc(Cc4ccc(Br)cc4)nn3c(=O)c2c1C. The van der Waals surface area contributed by atoms with Crippen LogP contribution in [0.3, 0.4) is 0 Å². The molecule has 0 saturated carbocycles. The molecule has 116 valence electrons. The lowest BCUT2D eigenvalue weighted by Crippen LogP contribution is -2.15. The molecule has 23 heavy (non-hydrogen) atoms. The fourth-order valence-corrected chi connectivity index (χ4v) is 4.77. The van der Waals surface area contributed by atoms with Gasteiger partial charge in [-0.15, -0.1) is 11.3 Å². The molecule has 0 aliphatic rings. The summed E-state index contributed by atoms with van der Waals surface area (Å²) in [6.45, 7) is 3.99. The maximum absolute atomic E-state index is 12.7. The summed E-state index contributed by atoms with van der Waals surface area (Å²) in [4.78, 5) is 19.9. The molecule has 4 nitrogen and oxygen atoms in total. The van der Waals surface area contributed by atoms with Gasteiger partial charge in [-0.1, -0.05) is 39.4 Å². The number of thiophene rings is 1. The second kappa shape index (κ2) is 5.51. The Morgan fingerprint density at radius 2 is 1.91 bits per heavy atom. The van der Waals surface area contributed by atoms with Gasteiger partial charge in [0.25, 0.3) is 5.56 Å². The Morgan fingerprint density at radius 3 is 2.65 bits per heavy atom. The first-order valence-corrected chi connectivity index (χ1v) is 9.48. The Balaban J connectivity index is 1.84. The van der Waals surface area contributed by atoms with E-state index in [0.29, 0.717) is 16.8 Å². The zero-order chi connectivity index (χ0) is 16.1. The van der Waals surface area contributed by atoms with Crippen LogP contribution in [0.4, 0.5) is 0 Å². The van der Waals surface area contributed by atoms with Crippen molar-refractivity contribution >= 4 is 53.8 Å². The minimum absolute atomic E-state index is 0.0647. The third-order valence-electron chi connectivity index (χ3n) is 3.84. The molecule has 0 aliphatic heterocycles. The molecule has 0 saturated heterocycles. The lowest BCUT2D eigenvalue weighted by Gasteiger charge is -1.96. The molecule has 0 N–H and O–H groups in total. The largest absolute Gasteiger partial charge is 0.284 e. The van der Waals surface area contributed by atoms with Crippen molar-refractivity contribution in [3.63, 3.8) is 0 Å². The Morgan fingerprint density at radius 1 is 1.17 bits per heavy atom. The Hall–Kier alpha value is -1.57. The van der Waals surface area contributed by atoms with E-state index in [9.17, 15) is 4.79 Å². The fraction of sp³-hybridized carbons (Fsp3) is 0.188. The van der Waals surface area contributed by atoms with Crippen molar-refractivity contribution in [2.45, 2.75) is 20.3 Å². The number of aromatic nitrogens is 3. The number of halogens is 1. The molecule has 0 aliphatic carbocycles. The van der Waals surface area contributed by atoms with Gasteiger partial charge in [-0.25, -0.2) is 4.98 Å². The molecule has 3 heterocycles. The van der Waals surface area contributed by atoms with Crippen LogP contribution in [0.1, 0.15) is 21.0 Å². The molecule has 4 aromatic rings. The van der Waals surface area contributed by atoms with E-state index in [2.05, 4.69) is 38.1 Å². The molecule has 3 aromatic heterocycles. The number of hydrogen-bond acceptors (Lipinski definition) is 5. The number of benzene rings is 1. The topological polar surface area (TPSA) is 47.3 Å². The third-order valence-corrected chi connectivity index (χ3v) is 6.38. The lowest BCUT2D eigenvalue weighted by atomic mass is 10.2. The summed E-state index contributed by atoms with van der Waals surface area (Å²) in [6.07, 6.45) is 0.701. The van der Waals surface area contributed by atoms with Crippen LogP contribution in [-0.2, 0) is 6.42 Å². The highest BCUT2D eigenvalue weighted by molar-refractivity contribution is 9.10. The maximum atomic E-state index is 12.7. The van der Waals surface area contributed by atoms with E-state index in [4.69, 9.17) is 0 Å². The van der Waals surface area contributed by atoms with Crippen molar-refractivity contribution in [1.82, 2.24) is 14.6 Å². The van der Waals surface area contributed by atoms with Gasteiger partial charge in [0, 0.05) is 15.8 Å². The summed E-state index contributed by atoms with van der Waals surface area (Å²) in [6, 6.07) is 8.13. The van der Waals surface area contributed by atoms with E-state index < -0.39 is 0 Å². The molecule has 7 heteroatoms. The van der Waals surface area contributed by atoms with Crippen LogP contribution in [0.25, 0.3) is 15.2 Å². The first kappa shape index (κ1) is 15.0. The normalized spacial score (nSPS) is 11.6. The van der Waals surface area contributed by atoms with E-state index in [1.165, 1.54) is 15.9 Å². The number of hydrogen-bond donors (Lipinski definition) is 0. The predicted molar refractivity (Wildman–Crippen MR) is 98.9 cm³/mol. The van der Waals surface area contributed by atoms with Crippen molar-refractivity contribution in [2.24, 2.45) is 0 Å². The summed E-state index contributed by atoms with van der Waals surface area (Å²) in [5.41, 5.74) is 2.11. The second-order valence-corrected chi connectivity index (χ2v) is 8.53. The predicted octanol–water partition coefficient (Wildman–Crippen LogP) is 4.34. The van der Waals surface area contributed by atoms with Crippen molar-refractivity contribution in [1.29, 1.82) is 0 Å². The van der Waals surface area contributed by atoms with Crippen molar-refractivity contribution in [3.8, 4) is 0 Å². The first-order chi connectivity index (χ1) is 11.0. The van der Waals surface area contributed by atoms with Gasteiger partial charge in [0.15, 0.2) is 0 Å². The summed E-state index contributed by atoms with van der Waals surface area (Å²) in [5, 5.41) is 6.08. The highest BCUT2D eigenvalue weighted by Gasteiger charge is 2.16. The Kier molecular flexibility index (Phi) is 3.59. The van der Waals surface area contributed by atoms with Gasteiger partial charge >= 0.3 is 0 Å². The van der Waals surface area contributed by atoms with Crippen LogP contribution >= 0.6 is 38.6 Å². The molecule has 0 amide bonds. The van der Waals surface area contributed by atoms with E-state index >= 15 is 0 Å². The molecule has 0 fully saturated rings. The average Bonchev–Trinajstić information content (AvgIpc) is 3.04. The highest BCUT2D eigenvalue weighted by atomic mass is 79.9. The van der Waals surface area contributed by atoms with Crippen LogP contribution < -0.4 is 5.56 Å². The standard InChI is InChI=1S/C16H12BrN3OS2/c1-8-9(2)22-14-13(8)15(21)20-16(18-14)23-12(19-20)7-10-3-5-11(17)6-4-10/h3-6H,7H2,1-2H3. The van der Waals surface area contributed by atoms with Gasteiger partial charge in [-0.05, 0) is 37.1 Å². The van der Waals surface area contributed by atoms with Gasteiger partial charge in [-0.3, -0.25) is 4.79 Å². The summed E-state index contributed by atoms with van der Waals surface area (Å²) in [5.74, 6) is 0. The molecule has 0 atom stereocenters. The summed E-state index contributed by atoms with van der Waals surface area (Å²) >= 11 is 6.48. The molecular weight excluding hydrogens is 394 g/mol. The van der Waals surface area contributed by atoms with E-state index in [-0.39, 0.29) is 5.56 Å². The monoisotopic (exact) mass is 405 g/mol. The number of nitrogens with zero attached hydrogens (tertiary/aromatic N) is 3. The molecule has 0 spiro atoms. The fourth-order valence-electron chi connectivity index (χ4n) is 2.51. The van der Waals surface area contributed by atoms with Crippen LogP contribution in [0.5, 0.6) is 0 Å². The molecular formula is C16H12BrN3OS2. The van der Waals surface area contributed by atoms with E-state index in [1.807, 2.05) is 26.0 Å². The molecule has 0 radical (unpaired) electrons. The minimum Gasteiger partial charge on any atom is -0.266 e. The number of fused-ring (bicyclic) bond motifs is 2. The molecule has 1 aromatic carbocycles. The van der Waals surface area contributed by atoms with Crippen molar-refractivity contribution in [3.05, 3.63) is 60.1 Å². The number of rotatable bonds is 2. The summed E-state index contributed by atoms with van der Waals surface area (Å²) < 4.78 is 2.50. The number of aryl methyl sites for hydroxylation is 2. The van der Waals surface area contributed by atoms with Gasteiger partial charge in [0.1, 0.15) is 9.84 Å². The van der Waals surface area contributed by atoms with Gasteiger partial charge in [0.2, 0.25) is 4.96 Å². The van der Waals surface area contributed by atoms with Crippen LogP contribution in [-0.4, -0.2) is 14.6 Å². The van der Waals surface area contributed by atoms with Gasteiger partial charge in [0.05, 0.1) is 5.39 Å². The van der Waals surface area contributed by atoms with Crippen LogP contribution in [0.2, 0.25) is 0 Å². The zero-order valence-electron chi connectivity index (χ0n) is 12.5. The minimum atomic E-state index is -0.0647. The quantitative estimate of drug-likeness (QED) is 0.498. The third kappa shape index (κ3) is 2.52. The van der Waals surface area contributed by atoms with E-state index in [1.54, 1.807) is 11.3 Å². The summed E-state index contributed by atoms with van der Waals surface area (Å²) in [7, 11) is 0. The Bertz CT molecular complexity index is 1090. The maximum Gasteiger partial charge on any atom is 0.284 e. The second-order valence-electron chi connectivity index (χ2n) is 5.37. The van der Waals surface area contributed by atoms with Gasteiger partial charge in [-0.2, -0.15) is 9.61 Å². The smallest absolute Gasteiger partial charge is 0.266 e. The molecule has 0 bridgehead atoms. The molecule has 4 rings (SSSR count). The highest BCUT2D eigenvalue weighted by Crippen LogP contribution is 2.27. The van der Waals surface area contributed by atoms with Gasteiger partial charge < -0.3 is 0 Å². The molecule has 0 unspecified atom stereocenters. The Labute approximate surface area is 148 Å². The van der Waals surface area contributed by atoms with Crippen LogP contribution in [0.15, 0.2) is 33.5 Å². The van der Waals surface area contributed by atoms with Crippen molar-refractivity contribution < 1.29 is 0 Å². The zero-order valence-corrected chi connectivity index (χ0v) is 15.7. The lowest BCUT2D eigenvalue weighted by molar-refractivity contribution is 0.878. The van der Waals surface area contributed by atoms with Crippen LogP contribution in [0, 0.1) is 13.8 Å².